The van der Waals surface area contributed by atoms with Crippen molar-refractivity contribution < 1.29 is 14.4 Å². The third-order valence-corrected chi connectivity index (χ3v) is 3.53. The van der Waals surface area contributed by atoms with Crippen LogP contribution in [0.3, 0.4) is 0 Å². The van der Waals surface area contributed by atoms with Crippen LogP contribution in [0.5, 0.6) is 0 Å². The van der Waals surface area contributed by atoms with Gasteiger partial charge in [0.15, 0.2) is 0 Å². The Labute approximate surface area is 125 Å². The summed E-state index contributed by atoms with van der Waals surface area (Å²) < 4.78 is 11.9. The van der Waals surface area contributed by atoms with E-state index in [-0.39, 0.29) is 24.5 Å². The standard InChI is InChI=1S/C13H17BrN2O4/c1-9-5-15-6-12(20-9)8-19-7-10-2-3-11(14)4-13(10)16(17)18/h2-4,9,12,15H,5-8H2,1H3. The van der Waals surface area contributed by atoms with Gasteiger partial charge in [-0.3, -0.25) is 10.1 Å². The van der Waals surface area contributed by atoms with Gasteiger partial charge in [0, 0.05) is 23.6 Å². The van der Waals surface area contributed by atoms with Crippen LogP contribution in [0.4, 0.5) is 5.69 Å². The highest BCUT2D eigenvalue weighted by atomic mass is 79.9. The predicted molar refractivity (Wildman–Crippen MR) is 77.7 cm³/mol. The molecule has 1 N–H and O–H groups in total. The molecule has 1 fully saturated rings. The van der Waals surface area contributed by atoms with Crippen molar-refractivity contribution in [3.05, 3.63) is 38.3 Å². The first-order chi connectivity index (χ1) is 9.56. The van der Waals surface area contributed by atoms with Crippen LogP contribution in [-0.2, 0) is 16.1 Å². The number of hydrogen-bond acceptors (Lipinski definition) is 5. The molecule has 1 heterocycles. The zero-order chi connectivity index (χ0) is 14.5. The summed E-state index contributed by atoms with van der Waals surface area (Å²) in [7, 11) is 0. The fraction of sp³-hybridized carbons (Fsp3) is 0.538. The Bertz CT molecular complexity index is 483. The van der Waals surface area contributed by atoms with Gasteiger partial charge in [0.2, 0.25) is 0 Å². The van der Waals surface area contributed by atoms with Gasteiger partial charge in [0.25, 0.3) is 5.69 Å². The Morgan fingerprint density at radius 3 is 3.05 bits per heavy atom. The first kappa shape index (κ1) is 15.4. The van der Waals surface area contributed by atoms with Crippen LogP contribution >= 0.6 is 15.9 Å². The quantitative estimate of drug-likeness (QED) is 0.655. The van der Waals surface area contributed by atoms with E-state index in [0.717, 1.165) is 13.1 Å². The maximum atomic E-state index is 11.0. The first-order valence-electron chi connectivity index (χ1n) is 6.43. The molecule has 1 saturated heterocycles. The van der Waals surface area contributed by atoms with Gasteiger partial charge in [-0.05, 0) is 19.1 Å². The molecule has 1 aromatic rings. The molecule has 2 atom stereocenters. The summed E-state index contributed by atoms with van der Waals surface area (Å²) in [5, 5.41) is 14.2. The average molecular weight is 345 g/mol. The number of hydrogen-bond donors (Lipinski definition) is 1. The molecule has 110 valence electrons. The molecule has 2 unspecified atom stereocenters. The van der Waals surface area contributed by atoms with Crippen LogP contribution in [0.2, 0.25) is 0 Å². The monoisotopic (exact) mass is 344 g/mol. The molecule has 0 aromatic heterocycles. The number of nitrogens with one attached hydrogen (secondary N) is 1. The van der Waals surface area contributed by atoms with Crippen LogP contribution in [0.1, 0.15) is 12.5 Å². The van der Waals surface area contributed by atoms with Crippen LogP contribution in [0, 0.1) is 10.1 Å². The second kappa shape index (κ2) is 7.12. The van der Waals surface area contributed by atoms with E-state index in [1.54, 1.807) is 12.1 Å². The molecule has 0 spiro atoms. The number of nitrogens with zero attached hydrogens (tertiary/aromatic N) is 1. The molecule has 0 aliphatic carbocycles. The predicted octanol–water partition coefficient (Wildman–Crippen LogP) is 2.25. The number of morpholine rings is 1. The number of halogens is 1. The summed E-state index contributed by atoms with van der Waals surface area (Å²) >= 11 is 3.23. The van der Waals surface area contributed by atoms with E-state index in [9.17, 15) is 10.1 Å². The smallest absolute Gasteiger partial charge is 0.276 e. The fourth-order valence-electron chi connectivity index (χ4n) is 2.10. The average Bonchev–Trinajstić information content (AvgIpc) is 2.40. The van der Waals surface area contributed by atoms with Gasteiger partial charge in [-0.2, -0.15) is 0 Å². The molecule has 0 bridgehead atoms. The molecule has 0 amide bonds. The van der Waals surface area contributed by atoms with E-state index >= 15 is 0 Å². The molecule has 7 heteroatoms. The van der Waals surface area contributed by atoms with Crippen molar-refractivity contribution >= 4 is 21.6 Å². The van der Waals surface area contributed by atoms with Crippen molar-refractivity contribution in [2.45, 2.75) is 25.7 Å². The Balaban J connectivity index is 1.89. The van der Waals surface area contributed by atoms with Gasteiger partial charge in [0.05, 0.1) is 35.9 Å². The number of ether oxygens (including phenoxy) is 2. The van der Waals surface area contributed by atoms with E-state index in [1.807, 2.05) is 6.92 Å². The van der Waals surface area contributed by atoms with E-state index in [1.165, 1.54) is 6.07 Å². The van der Waals surface area contributed by atoms with Crippen molar-refractivity contribution in [1.82, 2.24) is 5.32 Å². The van der Waals surface area contributed by atoms with Gasteiger partial charge in [-0.25, -0.2) is 0 Å². The van der Waals surface area contributed by atoms with Gasteiger partial charge in [-0.15, -0.1) is 0 Å². The summed E-state index contributed by atoms with van der Waals surface area (Å²) in [5.41, 5.74) is 0.630. The topological polar surface area (TPSA) is 73.6 Å². The molecule has 0 saturated carbocycles. The highest BCUT2D eigenvalue weighted by Crippen LogP contribution is 2.24. The normalized spacial score (nSPS) is 22.7. The zero-order valence-electron chi connectivity index (χ0n) is 11.2. The maximum Gasteiger partial charge on any atom is 0.276 e. The van der Waals surface area contributed by atoms with Crippen LogP contribution in [0.25, 0.3) is 0 Å². The van der Waals surface area contributed by atoms with Gasteiger partial charge < -0.3 is 14.8 Å². The lowest BCUT2D eigenvalue weighted by Gasteiger charge is -2.28. The largest absolute Gasteiger partial charge is 0.374 e. The number of rotatable bonds is 5. The Morgan fingerprint density at radius 1 is 1.55 bits per heavy atom. The van der Waals surface area contributed by atoms with Crippen molar-refractivity contribution in [3.8, 4) is 0 Å². The number of nitro groups is 1. The van der Waals surface area contributed by atoms with Crippen molar-refractivity contribution in [3.63, 3.8) is 0 Å². The third kappa shape index (κ3) is 4.24. The minimum absolute atomic E-state index is 0.00625. The Hall–Kier alpha value is -1.02. The molecule has 6 nitrogen and oxygen atoms in total. The lowest BCUT2D eigenvalue weighted by molar-refractivity contribution is -0.386. The van der Waals surface area contributed by atoms with E-state index in [2.05, 4.69) is 21.2 Å². The lowest BCUT2D eigenvalue weighted by Crippen LogP contribution is -2.45. The van der Waals surface area contributed by atoms with Crippen molar-refractivity contribution in [1.29, 1.82) is 0 Å². The molecular weight excluding hydrogens is 328 g/mol. The van der Waals surface area contributed by atoms with Gasteiger partial charge in [0.1, 0.15) is 0 Å². The Morgan fingerprint density at radius 2 is 2.35 bits per heavy atom. The fourth-order valence-corrected chi connectivity index (χ4v) is 2.45. The van der Waals surface area contributed by atoms with E-state index in [4.69, 9.17) is 9.47 Å². The second-order valence-electron chi connectivity index (χ2n) is 4.77. The van der Waals surface area contributed by atoms with Crippen molar-refractivity contribution in [2.24, 2.45) is 0 Å². The third-order valence-electron chi connectivity index (χ3n) is 3.03. The summed E-state index contributed by atoms with van der Waals surface area (Å²) in [6, 6.07) is 4.96. The molecule has 0 radical (unpaired) electrons. The summed E-state index contributed by atoms with van der Waals surface area (Å²) in [4.78, 5) is 10.6. The molecule has 1 aromatic carbocycles. The number of nitro benzene ring substituents is 1. The first-order valence-corrected chi connectivity index (χ1v) is 7.22. The molecule has 1 aliphatic rings. The highest BCUT2D eigenvalue weighted by Gasteiger charge is 2.19. The minimum Gasteiger partial charge on any atom is -0.374 e. The lowest BCUT2D eigenvalue weighted by atomic mass is 10.2. The summed E-state index contributed by atoms with van der Waals surface area (Å²) in [5.74, 6) is 0. The molecule has 20 heavy (non-hydrogen) atoms. The second-order valence-corrected chi connectivity index (χ2v) is 5.69. The van der Waals surface area contributed by atoms with Crippen LogP contribution < -0.4 is 5.32 Å². The minimum atomic E-state index is -0.399. The molecule has 1 aliphatic heterocycles. The summed E-state index contributed by atoms with van der Waals surface area (Å²) in [6.07, 6.45) is 0.160. The van der Waals surface area contributed by atoms with Gasteiger partial charge >= 0.3 is 0 Å². The van der Waals surface area contributed by atoms with E-state index in [0.29, 0.717) is 16.6 Å². The zero-order valence-corrected chi connectivity index (χ0v) is 12.8. The SMILES string of the molecule is CC1CNCC(COCc2ccc(Br)cc2[N+](=O)[O-])O1. The Kier molecular flexibility index (Phi) is 5.47. The molecule has 2 rings (SSSR count). The van der Waals surface area contributed by atoms with Crippen LogP contribution in [-0.4, -0.2) is 36.8 Å². The van der Waals surface area contributed by atoms with Gasteiger partial charge in [-0.1, -0.05) is 15.9 Å². The van der Waals surface area contributed by atoms with Crippen molar-refractivity contribution in [2.75, 3.05) is 19.7 Å². The number of benzene rings is 1. The molecular formula is C13H17BrN2O4. The summed E-state index contributed by atoms with van der Waals surface area (Å²) in [6.45, 7) is 4.21. The maximum absolute atomic E-state index is 11.0. The highest BCUT2D eigenvalue weighted by molar-refractivity contribution is 9.10. The van der Waals surface area contributed by atoms with Crippen LogP contribution in [0.15, 0.2) is 22.7 Å². The van der Waals surface area contributed by atoms with E-state index < -0.39 is 4.92 Å².